The highest BCUT2D eigenvalue weighted by Crippen LogP contribution is 2.24. The van der Waals surface area contributed by atoms with E-state index < -0.39 is 0 Å². The molecule has 6 heteroatoms. The Balaban J connectivity index is 1.69. The van der Waals surface area contributed by atoms with Crippen molar-refractivity contribution in [1.29, 1.82) is 0 Å². The first kappa shape index (κ1) is 13.5. The smallest absolute Gasteiger partial charge is 0.155 e. The van der Waals surface area contributed by atoms with E-state index in [4.69, 9.17) is 10.5 Å². The van der Waals surface area contributed by atoms with Gasteiger partial charge in [-0.1, -0.05) is 6.07 Å². The number of hydrogen-bond donors (Lipinski definition) is 1. The molecule has 21 heavy (non-hydrogen) atoms. The van der Waals surface area contributed by atoms with E-state index in [2.05, 4.69) is 31.9 Å². The molecule has 0 unspecified atom stereocenters. The number of hydrogen-bond acceptors (Lipinski definition) is 6. The van der Waals surface area contributed by atoms with Crippen LogP contribution < -0.4 is 20.3 Å². The van der Waals surface area contributed by atoms with Gasteiger partial charge in [0.25, 0.3) is 0 Å². The Kier molecular flexibility index (Phi) is 3.77. The van der Waals surface area contributed by atoms with Gasteiger partial charge in [0.2, 0.25) is 0 Å². The summed E-state index contributed by atoms with van der Waals surface area (Å²) in [5.74, 6) is 1.71. The van der Waals surface area contributed by atoms with Crippen LogP contribution in [-0.4, -0.2) is 43.3 Å². The zero-order valence-corrected chi connectivity index (χ0v) is 12.1. The predicted octanol–water partition coefficient (Wildman–Crippen LogP) is 1.39. The van der Waals surface area contributed by atoms with Crippen molar-refractivity contribution in [2.24, 2.45) is 0 Å². The maximum absolute atomic E-state index is 5.94. The van der Waals surface area contributed by atoms with Crippen LogP contribution in [0, 0.1) is 0 Å². The van der Waals surface area contributed by atoms with Crippen LogP contribution in [0.2, 0.25) is 0 Å². The summed E-state index contributed by atoms with van der Waals surface area (Å²) < 4.78 is 5.28. The van der Waals surface area contributed by atoms with Gasteiger partial charge in [-0.3, -0.25) is 0 Å². The molecule has 1 aromatic carbocycles. The molecule has 2 aromatic rings. The van der Waals surface area contributed by atoms with Gasteiger partial charge in [-0.2, -0.15) is 0 Å². The van der Waals surface area contributed by atoms with Gasteiger partial charge in [0.15, 0.2) is 5.82 Å². The number of benzene rings is 1. The fourth-order valence-electron chi connectivity index (χ4n) is 2.58. The highest BCUT2D eigenvalue weighted by Gasteiger charge is 2.20. The van der Waals surface area contributed by atoms with Crippen molar-refractivity contribution < 1.29 is 4.74 Å². The Labute approximate surface area is 124 Å². The molecule has 0 atom stereocenters. The van der Waals surface area contributed by atoms with E-state index in [1.165, 1.54) is 5.69 Å². The molecule has 1 fully saturated rings. The molecule has 110 valence electrons. The van der Waals surface area contributed by atoms with E-state index >= 15 is 0 Å². The summed E-state index contributed by atoms with van der Waals surface area (Å²) >= 11 is 0. The summed E-state index contributed by atoms with van der Waals surface area (Å²) in [6.07, 6.45) is 3.19. The lowest BCUT2D eigenvalue weighted by molar-refractivity contribution is 0.414. The maximum Gasteiger partial charge on any atom is 0.155 e. The first-order valence-electron chi connectivity index (χ1n) is 6.97. The normalized spacial score (nSPS) is 15.1. The summed E-state index contributed by atoms with van der Waals surface area (Å²) in [6.45, 7) is 3.63. The average Bonchev–Trinajstić information content (AvgIpc) is 2.56. The number of nitrogen functional groups attached to an aromatic ring is 1. The molecule has 2 heterocycles. The molecule has 0 spiro atoms. The van der Waals surface area contributed by atoms with Gasteiger partial charge in [-0.05, 0) is 12.1 Å². The molecular formula is C15H19N5O. The van der Waals surface area contributed by atoms with Crippen LogP contribution in [0.3, 0.4) is 0 Å². The molecule has 2 N–H and O–H groups in total. The van der Waals surface area contributed by atoms with Crippen molar-refractivity contribution in [2.75, 3.05) is 48.8 Å². The third kappa shape index (κ3) is 2.84. The molecule has 1 aromatic heterocycles. The largest absolute Gasteiger partial charge is 0.497 e. The molecule has 0 radical (unpaired) electrons. The van der Waals surface area contributed by atoms with E-state index in [0.717, 1.165) is 37.7 Å². The lowest BCUT2D eigenvalue weighted by Gasteiger charge is -2.37. The molecule has 1 aliphatic rings. The minimum Gasteiger partial charge on any atom is -0.497 e. The SMILES string of the molecule is COc1cccc(N2CCN(c3ncncc3N)CC2)c1. The molecule has 0 amide bonds. The summed E-state index contributed by atoms with van der Waals surface area (Å²) in [6, 6.07) is 8.15. The first-order chi connectivity index (χ1) is 10.3. The molecule has 0 bridgehead atoms. The minimum absolute atomic E-state index is 0.632. The van der Waals surface area contributed by atoms with Crippen molar-refractivity contribution in [1.82, 2.24) is 9.97 Å². The third-order valence-corrected chi connectivity index (χ3v) is 3.72. The molecule has 0 saturated carbocycles. The quantitative estimate of drug-likeness (QED) is 0.919. The van der Waals surface area contributed by atoms with Crippen LogP contribution in [0.25, 0.3) is 0 Å². The van der Waals surface area contributed by atoms with Gasteiger partial charge in [0, 0.05) is 37.9 Å². The second-order valence-corrected chi connectivity index (χ2v) is 4.98. The van der Waals surface area contributed by atoms with E-state index in [1.54, 1.807) is 19.6 Å². The Morgan fingerprint density at radius 1 is 1.14 bits per heavy atom. The Bertz CT molecular complexity index is 611. The highest BCUT2D eigenvalue weighted by molar-refractivity contribution is 5.62. The van der Waals surface area contributed by atoms with Gasteiger partial charge in [-0.25, -0.2) is 9.97 Å². The van der Waals surface area contributed by atoms with E-state index in [-0.39, 0.29) is 0 Å². The lowest BCUT2D eigenvalue weighted by atomic mass is 10.2. The van der Waals surface area contributed by atoms with Crippen LogP contribution in [0.5, 0.6) is 5.75 Å². The minimum atomic E-state index is 0.632. The van der Waals surface area contributed by atoms with Gasteiger partial charge < -0.3 is 20.3 Å². The van der Waals surface area contributed by atoms with Crippen LogP contribution >= 0.6 is 0 Å². The predicted molar refractivity (Wildman–Crippen MR) is 83.9 cm³/mol. The number of ether oxygens (including phenoxy) is 1. The number of anilines is 3. The van der Waals surface area contributed by atoms with Crippen molar-refractivity contribution in [3.8, 4) is 5.75 Å². The number of nitrogens with zero attached hydrogens (tertiary/aromatic N) is 4. The first-order valence-corrected chi connectivity index (χ1v) is 6.97. The number of aromatic nitrogens is 2. The third-order valence-electron chi connectivity index (χ3n) is 3.72. The maximum atomic E-state index is 5.94. The topological polar surface area (TPSA) is 67.5 Å². The van der Waals surface area contributed by atoms with E-state index in [0.29, 0.717) is 5.69 Å². The van der Waals surface area contributed by atoms with Crippen LogP contribution in [0.1, 0.15) is 0 Å². The Hall–Kier alpha value is -2.50. The molecular weight excluding hydrogens is 266 g/mol. The second kappa shape index (κ2) is 5.87. The average molecular weight is 285 g/mol. The Morgan fingerprint density at radius 2 is 1.90 bits per heavy atom. The van der Waals surface area contributed by atoms with Crippen molar-refractivity contribution in [2.45, 2.75) is 0 Å². The van der Waals surface area contributed by atoms with Crippen LogP contribution in [-0.2, 0) is 0 Å². The molecule has 1 saturated heterocycles. The summed E-state index contributed by atoms with van der Waals surface area (Å²) in [5, 5.41) is 0. The second-order valence-electron chi connectivity index (χ2n) is 4.98. The number of piperazine rings is 1. The van der Waals surface area contributed by atoms with E-state index in [1.807, 2.05) is 12.1 Å². The van der Waals surface area contributed by atoms with Gasteiger partial charge in [-0.15, -0.1) is 0 Å². The van der Waals surface area contributed by atoms with E-state index in [9.17, 15) is 0 Å². The molecule has 0 aliphatic carbocycles. The van der Waals surface area contributed by atoms with Gasteiger partial charge >= 0.3 is 0 Å². The highest BCUT2D eigenvalue weighted by atomic mass is 16.5. The van der Waals surface area contributed by atoms with Crippen molar-refractivity contribution in [3.63, 3.8) is 0 Å². The van der Waals surface area contributed by atoms with Crippen molar-refractivity contribution in [3.05, 3.63) is 36.8 Å². The number of nitrogens with two attached hydrogens (primary N) is 1. The zero-order valence-electron chi connectivity index (χ0n) is 12.1. The van der Waals surface area contributed by atoms with Gasteiger partial charge in [0.05, 0.1) is 19.0 Å². The zero-order chi connectivity index (χ0) is 14.7. The Morgan fingerprint density at radius 3 is 2.62 bits per heavy atom. The standard InChI is InChI=1S/C15H19N5O/c1-21-13-4-2-3-12(9-13)19-5-7-20(8-6-19)15-14(16)10-17-11-18-15/h2-4,9-11H,5-8,16H2,1H3. The summed E-state index contributed by atoms with van der Waals surface area (Å²) in [5.41, 5.74) is 7.75. The number of methoxy groups -OCH3 is 1. The lowest BCUT2D eigenvalue weighted by Crippen LogP contribution is -2.47. The molecule has 6 nitrogen and oxygen atoms in total. The van der Waals surface area contributed by atoms with Crippen LogP contribution in [0.4, 0.5) is 17.2 Å². The van der Waals surface area contributed by atoms with Crippen LogP contribution in [0.15, 0.2) is 36.8 Å². The summed E-state index contributed by atoms with van der Waals surface area (Å²) in [7, 11) is 1.69. The van der Waals surface area contributed by atoms with Gasteiger partial charge in [0.1, 0.15) is 12.1 Å². The van der Waals surface area contributed by atoms with Crippen molar-refractivity contribution >= 4 is 17.2 Å². The fourth-order valence-corrected chi connectivity index (χ4v) is 2.58. The molecule has 3 rings (SSSR count). The molecule has 1 aliphatic heterocycles. The number of rotatable bonds is 3. The summed E-state index contributed by atoms with van der Waals surface area (Å²) in [4.78, 5) is 12.8. The monoisotopic (exact) mass is 285 g/mol. The fraction of sp³-hybridized carbons (Fsp3) is 0.333.